The number of nitrogens with zero attached hydrogens (tertiary/aromatic N) is 3. The summed E-state index contributed by atoms with van der Waals surface area (Å²) >= 11 is 1.73. The maximum absolute atomic E-state index is 4.42. The van der Waals surface area contributed by atoms with Crippen LogP contribution < -0.4 is 5.32 Å². The molecule has 0 aliphatic rings. The van der Waals surface area contributed by atoms with Gasteiger partial charge >= 0.3 is 0 Å². The lowest BCUT2D eigenvalue weighted by Gasteiger charge is -1.98. The highest BCUT2D eigenvalue weighted by Gasteiger charge is 2.02. The summed E-state index contributed by atoms with van der Waals surface area (Å²) in [6.07, 6.45) is 2.98. The molecule has 3 heterocycles. The van der Waals surface area contributed by atoms with Gasteiger partial charge in [0.15, 0.2) is 5.65 Å². The summed E-state index contributed by atoms with van der Waals surface area (Å²) in [7, 11) is 0. The Kier molecular flexibility index (Phi) is 2.98. The van der Waals surface area contributed by atoms with Gasteiger partial charge in [-0.25, -0.2) is 4.52 Å². The van der Waals surface area contributed by atoms with Crippen LogP contribution in [0.5, 0.6) is 0 Å². The largest absolute Gasteiger partial charge is 0.353 e. The van der Waals surface area contributed by atoms with Crippen LogP contribution in [0.25, 0.3) is 5.65 Å². The summed E-state index contributed by atoms with van der Waals surface area (Å²) in [4.78, 5) is 4.42. The second-order valence-electron chi connectivity index (χ2n) is 4.25. The van der Waals surface area contributed by atoms with E-state index >= 15 is 0 Å². The summed E-state index contributed by atoms with van der Waals surface area (Å²) < 4.78 is 1.81. The van der Waals surface area contributed by atoms with Crippen molar-refractivity contribution in [1.29, 1.82) is 0 Å². The summed E-state index contributed by atoms with van der Waals surface area (Å²) in [5.74, 6) is 0.691. The fraction of sp³-hybridized carbons (Fsp3) is 0.231. The first-order valence-electron chi connectivity index (χ1n) is 5.89. The van der Waals surface area contributed by atoms with E-state index in [-0.39, 0.29) is 0 Å². The third kappa shape index (κ3) is 2.36. The van der Waals surface area contributed by atoms with Crippen LogP contribution in [0.1, 0.15) is 11.1 Å². The molecule has 0 unspecified atom stereocenters. The van der Waals surface area contributed by atoms with Crippen molar-refractivity contribution < 1.29 is 0 Å². The SMILES string of the molecule is Cc1ccc2nc(NCCc3ccsc3)nn2c1. The molecule has 3 aromatic rings. The number of rotatable bonds is 4. The first-order valence-corrected chi connectivity index (χ1v) is 6.83. The molecule has 1 N–H and O–H groups in total. The average Bonchev–Trinajstić information content (AvgIpc) is 2.97. The Morgan fingerprint density at radius 1 is 1.33 bits per heavy atom. The molecule has 0 saturated carbocycles. The van der Waals surface area contributed by atoms with Gasteiger partial charge in [0.2, 0.25) is 5.95 Å². The quantitative estimate of drug-likeness (QED) is 0.782. The maximum Gasteiger partial charge on any atom is 0.243 e. The Morgan fingerprint density at radius 3 is 3.11 bits per heavy atom. The van der Waals surface area contributed by atoms with Gasteiger partial charge in [0.25, 0.3) is 0 Å². The molecule has 0 bridgehead atoms. The number of fused-ring (bicyclic) bond motifs is 1. The van der Waals surface area contributed by atoms with Crippen LogP contribution in [0, 0.1) is 6.92 Å². The Balaban J connectivity index is 1.67. The molecule has 92 valence electrons. The van der Waals surface area contributed by atoms with E-state index in [0.29, 0.717) is 5.95 Å². The number of hydrogen-bond donors (Lipinski definition) is 1. The highest BCUT2D eigenvalue weighted by Crippen LogP contribution is 2.09. The van der Waals surface area contributed by atoms with Crippen LogP contribution in [0.15, 0.2) is 35.2 Å². The van der Waals surface area contributed by atoms with Crippen molar-refractivity contribution in [3.63, 3.8) is 0 Å². The van der Waals surface area contributed by atoms with Gasteiger partial charge in [0, 0.05) is 12.7 Å². The van der Waals surface area contributed by atoms with Gasteiger partial charge in [0.1, 0.15) is 0 Å². The molecule has 0 atom stereocenters. The molecular formula is C13H14N4S. The Labute approximate surface area is 109 Å². The van der Waals surface area contributed by atoms with Gasteiger partial charge in [-0.05, 0) is 47.4 Å². The summed E-state index contributed by atoms with van der Waals surface area (Å²) in [5, 5.41) is 11.9. The molecule has 3 rings (SSSR count). The van der Waals surface area contributed by atoms with Crippen LogP contribution in [0.2, 0.25) is 0 Å². The summed E-state index contributed by atoms with van der Waals surface area (Å²) in [5.41, 5.74) is 3.41. The number of aromatic nitrogens is 3. The fourth-order valence-electron chi connectivity index (χ4n) is 1.81. The summed E-state index contributed by atoms with van der Waals surface area (Å²) in [6, 6.07) is 6.17. The van der Waals surface area contributed by atoms with Crippen LogP contribution in [0.3, 0.4) is 0 Å². The molecule has 0 aromatic carbocycles. The van der Waals surface area contributed by atoms with Crippen molar-refractivity contribution in [2.24, 2.45) is 0 Å². The van der Waals surface area contributed by atoms with E-state index in [9.17, 15) is 0 Å². The molecule has 18 heavy (non-hydrogen) atoms. The van der Waals surface area contributed by atoms with E-state index in [1.54, 1.807) is 11.3 Å². The smallest absolute Gasteiger partial charge is 0.243 e. The number of nitrogens with one attached hydrogen (secondary N) is 1. The third-order valence-electron chi connectivity index (χ3n) is 2.76. The standard InChI is InChI=1S/C13H14N4S/c1-10-2-3-12-15-13(16-17(12)8-10)14-6-4-11-5-7-18-9-11/h2-3,5,7-9H,4,6H2,1H3,(H,14,16). The van der Waals surface area contributed by atoms with Crippen LogP contribution >= 0.6 is 11.3 Å². The summed E-state index contributed by atoms with van der Waals surface area (Å²) in [6.45, 7) is 2.90. The van der Waals surface area contributed by atoms with Crippen molar-refractivity contribution in [1.82, 2.24) is 14.6 Å². The molecule has 5 heteroatoms. The Hall–Kier alpha value is -1.88. The predicted octanol–water partition coefficient (Wildman–Crippen LogP) is 2.75. The van der Waals surface area contributed by atoms with E-state index in [1.165, 1.54) is 11.1 Å². The molecule has 0 radical (unpaired) electrons. The maximum atomic E-state index is 4.42. The highest BCUT2D eigenvalue weighted by atomic mass is 32.1. The topological polar surface area (TPSA) is 42.2 Å². The minimum Gasteiger partial charge on any atom is -0.353 e. The zero-order valence-electron chi connectivity index (χ0n) is 10.1. The Bertz CT molecular complexity index is 642. The molecular weight excluding hydrogens is 244 g/mol. The first kappa shape index (κ1) is 11.2. The zero-order chi connectivity index (χ0) is 12.4. The van der Waals surface area contributed by atoms with E-state index in [2.05, 4.69) is 32.2 Å². The van der Waals surface area contributed by atoms with Crippen LogP contribution in [0.4, 0.5) is 5.95 Å². The van der Waals surface area contributed by atoms with Crippen molar-refractivity contribution in [2.45, 2.75) is 13.3 Å². The molecule has 0 fully saturated rings. The number of hydrogen-bond acceptors (Lipinski definition) is 4. The number of aryl methyl sites for hydroxylation is 1. The molecule has 0 spiro atoms. The van der Waals surface area contributed by atoms with Gasteiger partial charge in [-0.2, -0.15) is 16.3 Å². The number of anilines is 1. The van der Waals surface area contributed by atoms with E-state index in [0.717, 1.165) is 18.6 Å². The van der Waals surface area contributed by atoms with Crippen molar-refractivity contribution in [3.8, 4) is 0 Å². The lowest BCUT2D eigenvalue weighted by Crippen LogP contribution is -2.05. The second-order valence-corrected chi connectivity index (χ2v) is 5.03. The van der Waals surface area contributed by atoms with Gasteiger partial charge < -0.3 is 5.32 Å². The Morgan fingerprint density at radius 2 is 2.28 bits per heavy atom. The molecule has 4 nitrogen and oxygen atoms in total. The van der Waals surface area contributed by atoms with E-state index in [4.69, 9.17) is 0 Å². The van der Waals surface area contributed by atoms with Crippen molar-refractivity contribution in [2.75, 3.05) is 11.9 Å². The normalized spacial score (nSPS) is 10.9. The number of pyridine rings is 1. The monoisotopic (exact) mass is 258 g/mol. The predicted molar refractivity (Wildman–Crippen MR) is 74.2 cm³/mol. The van der Waals surface area contributed by atoms with Gasteiger partial charge in [-0.15, -0.1) is 5.10 Å². The van der Waals surface area contributed by atoms with Gasteiger partial charge in [-0.1, -0.05) is 6.07 Å². The van der Waals surface area contributed by atoms with Crippen molar-refractivity contribution in [3.05, 3.63) is 46.3 Å². The fourth-order valence-corrected chi connectivity index (χ4v) is 2.52. The first-order chi connectivity index (χ1) is 8.81. The molecule has 0 saturated heterocycles. The average molecular weight is 258 g/mol. The van der Waals surface area contributed by atoms with Crippen molar-refractivity contribution >= 4 is 22.9 Å². The lowest BCUT2D eigenvalue weighted by atomic mass is 10.2. The minimum absolute atomic E-state index is 0.691. The second kappa shape index (κ2) is 4.78. The molecule has 3 aromatic heterocycles. The minimum atomic E-state index is 0.691. The molecule has 0 amide bonds. The van der Waals surface area contributed by atoms with Crippen LogP contribution in [-0.2, 0) is 6.42 Å². The van der Waals surface area contributed by atoms with E-state index < -0.39 is 0 Å². The highest BCUT2D eigenvalue weighted by molar-refractivity contribution is 7.07. The lowest BCUT2D eigenvalue weighted by molar-refractivity contribution is 0.933. The van der Waals surface area contributed by atoms with Crippen LogP contribution in [-0.4, -0.2) is 21.1 Å². The van der Waals surface area contributed by atoms with Gasteiger partial charge in [-0.3, -0.25) is 0 Å². The zero-order valence-corrected chi connectivity index (χ0v) is 10.9. The van der Waals surface area contributed by atoms with Gasteiger partial charge in [0.05, 0.1) is 0 Å². The third-order valence-corrected chi connectivity index (χ3v) is 3.49. The number of thiophene rings is 1. The molecule has 0 aliphatic heterocycles. The molecule has 0 aliphatic carbocycles. The van der Waals surface area contributed by atoms with E-state index in [1.807, 2.05) is 29.8 Å².